The summed E-state index contributed by atoms with van der Waals surface area (Å²) in [5.74, 6) is -1.28. The van der Waals surface area contributed by atoms with Crippen molar-refractivity contribution in [2.75, 3.05) is 6.61 Å². The predicted molar refractivity (Wildman–Crippen MR) is 108 cm³/mol. The summed E-state index contributed by atoms with van der Waals surface area (Å²) < 4.78 is 10.7. The van der Waals surface area contributed by atoms with E-state index in [2.05, 4.69) is 5.32 Å². The van der Waals surface area contributed by atoms with Crippen LogP contribution in [-0.2, 0) is 9.59 Å². The molecule has 7 nitrogen and oxygen atoms in total. The van der Waals surface area contributed by atoms with Crippen molar-refractivity contribution >= 4 is 22.8 Å². The van der Waals surface area contributed by atoms with Gasteiger partial charge in [0.1, 0.15) is 17.4 Å². The van der Waals surface area contributed by atoms with Crippen molar-refractivity contribution in [3.05, 3.63) is 65.0 Å². The van der Waals surface area contributed by atoms with Gasteiger partial charge in [0.15, 0.2) is 6.61 Å². The molecule has 0 saturated heterocycles. The van der Waals surface area contributed by atoms with Crippen molar-refractivity contribution in [3.63, 3.8) is 0 Å². The van der Waals surface area contributed by atoms with Gasteiger partial charge in [-0.05, 0) is 29.7 Å². The first kappa shape index (κ1) is 20.1. The van der Waals surface area contributed by atoms with E-state index in [1.807, 2.05) is 37.3 Å². The van der Waals surface area contributed by atoms with E-state index in [4.69, 9.17) is 14.3 Å². The second-order valence-electron chi connectivity index (χ2n) is 6.54. The van der Waals surface area contributed by atoms with Gasteiger partial charge < -0.3 is 19.6 Å². The minimum atomic E-state index is -1.08. The van der Waals surface area contributed by atoms with Gasteiger partial charge in [-0.2, -0.15) is 0 Å². The molecule has 0 spiro atoms. The minimum Gasteiger partial charge on any atom is -0.484 e. The van der Waals surface area contributed by atoms with E-state index in [-0.39, 0.29) is 6.61 Å². The fourth-order valence-electron chi connectivity index (χ4n) is 3.02. The van der Waals surface area contributed by atoms with Crippen LogP contribution in [-0.4, -0.2) is 29.6 Å². The zero-order chi connectivity index (χ0) is 20.8. The Morgan fingerprint density at radius 2 is 1.90 bits per heavy atom. The normalized spacial score (nSPS) is 11.8. The van der Waals surface area contributed by atoms with Crippen LogP contribution in [0.1, 0.15) is 19.8 Å². The van der Waals surface area contributed by atoms with Gasteiger partial charge in [-0.1, -0.05) is 43.7 Å². The van der Waals surface area contributed by atoms with E-state index in [1.165, 1.54) is 12.1 Å². The average Bonchev–Trinajstić information content (AvgIpc) is 2.71. The quantitative estimate of drug-likeness (QED) is 0.568. The molecule has 1 aromatic heterocycles. The molecular weight excluding hydrogens is 374 g/mol. The number of rotatable bonds is 8. The molecule has 0 bridgehead atoms. The monoisotopic (exact) mass is 395 g/mol. The van der Waals surface area contributed by atoms with Gasteiger partial charge in [0.25, 0.3) is 5.91 Å². The SMILES string of the molecule is CCCC(NC(=O)COc1ccc2c(-c3ccccc3)cc(=O)oc2c1)C(=O)O. The Labute approximate surface area is 166 Å². The van der Waals surface area contributed by atoms with E-state index in [1.54, 1.807) is 12.1 Å². The second kappa shape index (κ2) is 9.05. The van der Waals surface area contributed by atoms with Gasteiger partial charge in [0.2, 0.25) is 0 Å². The van der Waals surface area contributed by atoms with Crippen molar-refractivity contribution in [2.45, 2.75) is 25.8 Å². The molecule has 3 rings (SSSR count). The zero-order valence-corrected chi connectivity index (χ0v) is 15.9. The van der Waals surface area contributed by atoms with Crippen LogP contribution in [0.3, 0.4) is 0 Å². The fraction of sp³-hybridized carbons (Fsp3) is 0.227. The number of carbonyl (C=O) groups is 2. The Kier molecular flexibility index (Phi) is 6.29. The largest absolute Gasteiger partial charge is 0.484 e. The molecule has 2 aromatic carbocycles. The van der Waals surface area contributed by atoms with Crippen molar-refractivity contribution in [2.24, 2.45) is 0 Å². The van der Waals surface area contributed by atoms with Gasteiger partial charge >= 0.3 is 11.6 Å². The molecule has 7 heteroatoms. The first-order valence-electron chi connectivity index (χ1n) is 9.26. The van der Waals surface area contributed by atoms with Crippen LogP contribution >= 0.6 is 0 Å². The highest BCUT2D eigenvalue weighted by Gasteiger charge is 2.19. The molecule has 0 fully saturated rings. The van der Waals surface area contributed by atoms with Crippen molar-refractivity contribution in [1.82, 2.24) is 5.32 Å². The highest BCUT2D eigenvalue weighted by molar-refractivity contribution is 5.93. The number of amides is 1. The van der Waals surface area contributed by atoms with Crippen LogP contribution in [0.5, 0.6) is 5.75 Å². The number of fused-ring (bicyclic) bond motifs is 1. The maximum atomic E-state index is 12.0. The lowest BCUT2D eigenvalue weighted by Gasteiger charge is -2.14. The molecular formula is C22H21NO6. The maximum absolute atomic E-state index is 12.0. The van der Waals surface area contributed by atoms with Crippen LogP contribution < -0.4 is 15.7 Å². The molecule has 1 heterocycles. The summed E-state index contributed by atoms with van der Waals surface area (Å²) in [7, 11) is 0. The molecule has 0 radical (unpaired) electrons. The van der Waals surface area contributed by atoms with Crippen LogP contribution in [0, 0.1) is 0 Å². The number of nitrogens with one attached hydrogen (secondary N) is 1. The third-order valence-corrected chi connectivity index (χ3v) is 4.38. The fourth-order valence-corrected chi connectivity index (χ4v) is 3.02. The molecule has 1 amide bonds. The third-order valence-electron chi connectivity index (χ3n) is 4.38. The molecule has 0 aliphatic heterocycles. The number of hydrogen-bond acceptors (Lipinski definition) is 5. The van der Waals surface area contributed by atoms with Gasteiger partial charge in [0, 0.05) is 17.5 Å². The first-order valence-corrected chi connectivity index (χ1v) is 9.26. The summed E-state index contributed by atoms with van der Waals surface area (Å²) in [5.41, 5.74) is 1.47. The number of benzene rings is 2. The van der Waals surface area contributed by atoms with Crippen LogP contribution in [0.4, 0.5) is 0 Å². The van der Waals surface area contributed by atoms with E-state index in [0.717, 1.165) is 16.5 Å². The lowest BCUT2D eigenvalue weighted by molar-refractivity contribution is -0.142. The molecule has 0 saturated carbocycles. The van der Waals surface area contributed by atoms with Crippen LogP contribution in [0.2, 0.25) is 0 Å². The smallest absolute Gasteiger partial charge is 0.336 e. The summed E-state index contributed by atoms with van der Waals surface area (Å²) >= 11 is 0. The van der Waals surface area contributed by atoms with Crippen LogP contribution in [0.25, 0.3) is 22.1 Å². The highest BCUT2D eigenvalue weighted by Crippen LogP contribution is 2.29. The van der Waals surface area contributed by atoms with Gasteiger partial charge in [-0.25, -0.2) is 9.59 Å². The van der Waals surface area contributed by atoms with E-state index in [0.29, 0.717) is 24.2 Å². The van der Waals surface area contributed by atoms with Crippen molar-refractivity contribution in [1.29, 1.82) is 0 Å². The topological polar surface area (TPSA) is 106 Å². The number of carbonyl (C=O) groups excluding carboxylic acids is 1. The standard InChI is InChI=1S/C22H21NO6/c1-2-6-18(22(26)27)23-20(24)13-28-15-9-10-16-17(14-7-4-3-5-8-14)12-21(25)29-19(16)11-15/h3-5,7-12,18H,2,6,13H2,1H3,(H,23,24)(H,26,27). The molecule has 0 aliphatic carbocycles. The summed E-state index contributed by atoms with van der Waals surface area (Å²) in [5, 5.41) is 12.3. The van der Waals surface area contributed by atoms with Crippen molar-refractivity contribution in [3.8, 4) is 16.9 Å². The molecule has 2 N–H and O–H groups in total. The first-order chi connectivity index (χ1) is 14.0. The van der Waals surface area contributed by atoms with Gasteiger partial charge in [-0.3, -0.25) is 4.79 Å². The summed E-state index contributed by atoms with van der Waals surface area (Å²) in [6.07, 6.45) is 0.968. The number of aliphatic carboxylic acids is 1. The second-order valence-corrected chi connectivity index (χ2v) is 6.54. The maximum Gasteiger partial charge on any atom is 0.336 e. The van der Waals surface area contributed by atoms with E-state index in [9.17, 15) is 14.4 Å². The molecule has 1 atom stereocenters. The zero-order valence-electron chi connectivity index (χ0n) is 15.9. The highest BCUT2D eigenvalue weighted by atomic mass is 16.5. The van der Waals surface area contributed by atoms with Gasteiger partial charge in [-0.15, -0.1) is 0 Å². The van der Waals surface area contributed by atoms with E-state index >= 15 is 0 Å². The third kappa shape index (κ3) is 5.01. The number of ether oxygens (including phenoxy) is 1. The number of hydrogen-bond donors (Lipinski definition) is 2. The Balaban J connectivity index is 1.77. The Morgan fingerprint density at radius 3 is 2.59 bits per heavy atom. The summed E-state index contributed by atoms with van der Waals surface area (Å²) in [4.78, 5) is 35.1. The molecule has 29 heavy (non-hydrogen) atoms. The molecule has 1 unspecified atom stereocenters. The molecule has 3 aromatic rings. The number of carboxylic acids is 1. The Hall–Kier alpha value is -3.61. The van der Waals surface area contributed by atoms with Crippen LogP contribution in [0.15, 0.2) is 63.8 Å². The Bertz CT molecular complexity index is 1070. The number of carboxylic acid groups (broad SMARTS) is 1. The average molecular weight is 395 g/mol. The van der Waals surface area contributed by atoms with Crippen molar-refractivity contribution < 1.29 is 23.8 Å². The summed E-state index contributed by atoms with van der Waals surface area (Å²) in [6.45, 7) is 1.49. The predicted octanol–water partition coefficient (Wildman–Crippen LogP) is 3.21. The lowest BCUT2D eigenvalue weighted by atomic mass is 10.0. The Morgan fingerprint density at radius 1 is 1.14 bits per heavy atom. The van der Waals surface area contributed by atoms with E-state index < -0.39 is 23.5 Å². The molecule has 150 valence electrons. The summed E-state index contributed by atoms with van der Waals surface area (Å²) in [6, 6.07) is 14.9. The molecule has 0 aliphatic rings. The lowest BCUT2D eigenvalue weighted by Crippen LogP contribution is -2.42. The van der Waals surface area contributed by atoms with Gasteiger partial charge in [0.05, 0.1) is 0 Å². The minimum absolute atomic E-state index is 0.336.